The van der Waals surface area contributed by atoms with E-state index in [0.717, 1.165) is 5.56 Å². The van der Waals surface area contributed by atoms with Gasteiger partial charge in [0.15, 0.2) is 0 Å². The van der Waals surface area contributed by atoms with Crippen molar-refractivity contribution in [2.45, 2.75) is 33.3 Å². The number of aliphatic hydroxyl groups is 1. The molecule has 0 atom stereocenters. The summed E-state index contributed by atoms with van der Waals surface area (Å²) in [6.07, 6.45) is 0. The average Bonchev–Trinajstić information content (AvgIpc) is 2.17. The highest BCUT2D eigenvalue weighted by Crippen LogP contribution is 2.05. The molecule has 1 rings (SSSR count). The molecule has 3 N–H and O–H groups in total. The fourth-order valence-electron chi connectivity index (χ4n) is 0.842. The molecule has 0 fully saturated rings. The Kier molecular flexibility index (Phi) is 5.51. The number of hydrogen-bond donors (Lipinski definition) is 2. The Morgan fingerprint density at radius 3 is 2.33 bits per heavy atom. The summed E-state index contributed by atoms with van der Waals surface area (Å²) < 4.78 is 0. The second kappa shape index (κ2) is 6.10. The second-order valence-electron chi connectivity index (χ2n) is 3.43. The third-order valence-electron chi connectivity index (χ3n) is 1.40. The molecule has 0 unspecified atom stereocenters. The van der Waals surface area contributed by atoms with E-state index in [2.05, 4.69) is 11.8 Å². The molecule has 15 heavy (non-hydrogen) atoms. The topological polar surface area (TPSA) is 46.2 Å². The number of rotatable bonds is 0. The smallest absolute Gasteiger partial charge is 0.120 e. The number of anilines is 1. The molecule has 1 aromatic rings. The number of nitrogen functional groups attached to an aromatic ring is 1. The van der Waals surface area contributed by atoms with Crippen molar-refractivity contribution in [2.75, 3.05) is 5.73 Å². The lowest BCUT2D eigenvalue weighted by molar-refractivity contribution is 0.143. The Morgan fingerprint density at radius 1 is 1.27 bits per heavy atom. The number of benzene rings is 1. The van der Waals surface area contributed by atoms with Gasteiger partial charge in [0.1, 0.15) is 5.60 Å². The Labute approximate surface area is 92.1 Å². The van der Waals surface area contributed by atoms with Gasteiger partial charge in [-0.3, -0.25) is 0 Å². The van der Waals surface area contributed by atoms with Gasteiger partial charge in [-0.2, -0.15) is 0 Å². The summed E-state index contributed by atoms with van der Waals surface area (Å²) >= 11 is 0. The van der Waals surface area contributed by atoms with E-state index in [0.29, 0.717) is 5.69 Å². The van der Waals surface area contributed by atoms with E-state index in [9.17, 15) is 5.11 Å². The van der Waals surface area contributed by atoms with Gasteiger partial charge in [0.25, 0.3) is 0 Å². The number of nitrogens with two attached hydrogens (primary N) is 1. The zero-order valence-electron chi connectivity index (χ0n) is 9.83. The van der Waals surface area contributed by atoms with Crippen molar-refractivity contribution in [2.24, 2.45) is 0 Å². The van der Waals surface area contributed by atoms with E-state index in [-0.39, 0.29) is 0 Å². The molecule has 0 aliphatic rings. The SMILES string of the molecule is CC.CC(C)(O)C#Cc1cccc(N)c1. The van der Waals surface area contributed by atoms with Gasteiger partial charge in [-0.05, 0) is 32.0 Å². The van der Waals surface area contributed by atoms with Crippen molar-refractivity contribution in [3.05, 3.63) is 29.8 Å². The highest BCUT2D eigenvalue weighted by Gasteiger charge is 2.05. The van der Waals surface area contributed by atoms with Crippen LogP contribution in [0.3, 0.4) is 0 Å². The number of hydrogen-bond acceptors (Lipinski definition) is 2. The monoisotopic (exact) mass is 205 g/mol. The summed E-state index contributed by atoms with van der Waals surface area (Å²) in [7, 11) is 0. The van der Waals surface area contributed by atoms with Gasteiger partial charge in [0.2, 0.25) is 0 Å². The van der Waals surface area contributed by atoms with E-state index in [4.69, 9.17) is 5.73 Å². The molecule has 0 heterocycles. The van der Waals surface area contributed by atoms with Crippen molar-refractivity contribution >= 4 is 5.69 Å². The predicted octanol–water partition coefficient (Wildman–Crippen LogP) is 2.42. The lowest BCUT2D eigenvalue weighted by atomic mass is 10.1. The van der Waals surface area contributed by atoms with Gasteiger partial charge in [0, 0.05) is 11.3 Å². The first kappa shape index (κ1) is 13.5. The van der Waals surface area contributed by atoms with Gasteiger partial charge in [0.05, 0.1) is 0 Å². The lowest BCUT2D eigenvalue weighted by Gasteiger charge is -2.05. The van der Waals surface area contributed by atoms with Crippen molar-refractivity contribution in [3.63, 3.8) is 0 Å². The highest BCUT2D eigenvalue weighted by atomic mass is 16.3. The molecule has 2 nitrogen and oxygen atoms in total. The van der Waals surface area contributed by atoms with Crippen LogP contribution in [0.5, 0.6) is 0 Å². The van der Waals surface area contributed by atoms with E-state index < -0.39 is 5.60 Å². The minimum atomic E-state index is -0.954. The Hall–Kier alpha value is -1.46. The van der Waals surface area contributed by atoms with Crippen LogP contribution in [0.2, 0.25) is 0 Å². The van der Waals surface area contributed by atoms with Crippen LogP contribution in [0.1, 0.15) is 33.3 Å². The molecule has 0 radical (unpaired) electrons. The van der Waals surface area contributed by atoms with Crippen molar-refractivity contribution in [3.8, 4) is 11.8 Å². The maximum absolute atomic E-state index is 9.34. The molecule has 0 aliphatic carbocycles. The molecule has 0 spiro atoms. The van der Waals surface area contributed by atoms with Crippen molar-refractivity contribution in [1.82, 2.24) is 0 Å². The zero-order valence-corrected chi connectivity index (χ0v) is 9.83. The van der Waals surface area contributed by atoms with Crippen LogP contribution in [0.25, 0.3) is 0 Å². The second-order valence-corrected chi connectivity index (χ2v) is 3.43. The van der Waals surface area contributed by atoms with Crippen LogP contribution < -0.4 is 5.73 Å². The molecule has 0 saturated heterocycles. The quantitative estimate of drug-likeness (QED) is 0.504. The van der Waals surface area contributed by atoms with Gasteiger partial charge < -0.3 is 10.8 Å². The molecule has 0 bridgehead atoms. The Bertz CT molecular complexity index is 353. The minimum absolute atomic E-state index is 0.683. The van der Waals surface area contributed by atoms with Crippen LogP contribution in [-0.2, 0) is 0 Å². The largest absolute Gasteiger partial charge is 0.399 e. The fourth-order valence-corrected chi connectivity index (χ4v) is 0.842. The van der Waals surface area contributed by atoms with Gasteiger partial charge >= 0.3 is 0 Å². The molecule has 2 heteroatoms. The van der Waals surface area contributed by atoms with Crippen molar-refractivity contribution < 1.29 is 5.11 Å². The third kappa shape index (κ3) is 6.59. The maximum Gasteiger partial charge on any atom is 0.120 e. The first-order valence-electron chi connectivity index (χ1n) is 5.08. The van der Waals surface area contributed by atoms with Crippen LogP contribution in [-0.4, -0.2) is 10.7 Å². The summed E-state index contributed by atoms with van der Waals surface area (Å²) in [6, 6.07) is 7.27. The standard InChI is InChI=1S/C11H13NO.C2H6/c1-11(2,13)7-6-9-4-3-5-10(12)8-9;1-2/h3-5,8,13H,12H2,1-2H3;1-2H3. The normalized spacial score (nSPS) is 9.40. The Balaban J connectivity index is 0.000000921. The molecular formula is C13H19NO. The van der Waals surface area contributed by atoms with E-state index >= 15 is 0 Å². The van der Waals surface area contributed by atoms with E-state index in [1.165, 1.54) is 0 Å². The molecule has 0 aliphatic heterocycles. The van der Waals surface area contributed by atoms with Gasteiger partial charge in [-0.15, -0.1) is 0 Å². The lowest BCUT2D eigenvalue weighted by Crippen LogP contribution is -2.14. The molecule has 1 aromatic carbocycles. The average molecular weight is 205 g/mol. The summed E-state index contributed by atoms with van der Waals surface area (Å²) in [4.78, 5) is 0. The third-order valence-corrected chi connectivity index (χ3v) is 1.40. The van der Waals surface area contributed by atoms with E-state index in [1.54, 1.807) is 26.0 Å². The van der Waals surface area contributed by atoms with Crippen LogP contribution in [0.15, 0.2) is 24.3 Å². The van der Waals surface area contributed by atoms with Gasteiger partial charge in [-0.25, -0.2) is 0 Å². The van der Waals surface area contributed by atoms with Crippen molar-refractivity contribution in [1.29, 1.82) is 0 Å². The maximum atomic E-state index is 9.34. The molecular weight excluding hydrogens is 186 g/mol. The first-order valence-corrected chi connectivity index (χ1v) is 5.08. The summed E-state index contributed by atoms with van der Waals surface area (Å²) in [5.41, 5.74) is 6.12. The van der Waals surface area contributed by atoms with Crippen LogP contribution in [0.4, 0.5) is 5.69 Å². The zero-order chi connectivity index (χ0) is 11.9. The highest BCUT2D eigenvalue weighted by molar-refractivity contribution is 5.47. The Morgan fingerprint density at radius 2 is 1.87 bits per heavy atom. The fraction of sp³-hybridized carbons (Fsp3) is 0.385. The summed E-state index contributed by atoms with van der Waals surface area (Å²) in [5, 5.41) is 9.34. The molecule has 0 saturated carbocycles. The molecule has 0 aromatic heterocycles. The summed E-state index contributed by atoms with van der Waals surface area (Å²) in [6.45, 7) is 7.29. The summed E-state index contributed by atoms with van der Waals surface area (Å²) in [5.74, 6) is 5.56. The first-order chi connectivity index (χ1) is 6.97. The molecule has 0 amide bonds. The molecule has 82 valence electrons. The van der Waals surface area contributed by atoms with E-state index in [1.807, 2.05) is 26.0 Å². The predicted molar refractivity (Wildman–Crippen MR) is 65.4 cm³/mol. The van der Waals surface area contributed by atoms with Gasteiger partial charge in [-0.1, -0.05) is 31.8 Å². The van der Waals surface area contributed by atoms with Crippen LogP contribution in [0, 0.1) is 11.8 Å². The van der Waals surface area contributed by atoms with Crippen LogP contribution >= 0.6 is 0 Å². The minimum Gasteiger partial charge on any atom is -0.399 e.